The van der Waals surface area contributed by atoms with E-state index in [0.29, 0.717) is 18.1 Å². The number of hydrogen-bond donors (Lipinski definition) is 1. The zero-order valence-corrected chi connectivity index (χ0v) is 15.7. The minimum atomic E-state index is -1.16. The zero-order valence-electron chi connectivity index (χ0n) is 13.4. The van der Waals surface area contributed by atoms with Crippen molar-refractivity contribution in [3.63, 3.8) is 0 Å². The van der Waals surface area contributed by atoms with Gasteiger partial charge in [0.1, 0.15) is 11.0 Å². The number of anilines is 1. The molecule has 0 aliphatic carbocycles. The van der Waals surface area contributed by atoms with Crippen LogP contribution >= 0.6 is 34.5 Å². The van der Waals surface area contributed by atoms with Crippen molar-refractivity contribution in [3.8, 4) is 10.6 Å². The van der Waals surface area contributed by atoms with Gasteiger partial charge in [0.2, 0.25) is 11.0 Å². The van der Waals surface area contributed by atoms with Gasteiger partial charge in [-0.3, -0.25) is 14.9 Å². The van der Waals surface area contributed by atoms with E-state index in [4.69, 9.17) is 23.2 Å². The number of amides is 2. The van der Waals surface area contributed by atoms with Gasteiger partial charge in [-0.1, -0.05) is 58.3 Å². The summed E-state index contributed by atoms with van der Waals surface area (Å²) in [5, 5.41) is 12.0. The van der Waals surface area contributed by atoms with Crippen LogP contribution in [0.4, 0.5) is 5.13 Å². The van der Waals surface area contributed by atoms with Crippen molar-refractivity contribution in [1.29, 1.82) is 0 Å². The third-order valence-electron chi connectivity index (χ3n) is 3.95. The van der Waals surface area contributed by atoms with Crippen LogP contribution < -0.4 is 5.32 Å². The number of alkyl halides is 2. The summed E-state index contributed by atoms with van der Waals surface area (Å²) in [6.07, 6.45) is 1.30. The molecule has 0 unspecified atom stereocenters. The molecule has 2 heterocycles. The van der Waals surface area contributed by atoms with Crippen LogP contribution in [-0.2, 0) is 9.59 Å². The first-order chi connectivity index (χ1) is 12.0. The van der Waals surface area contributed by atoms with Crippen molar-refractivity contribution in [3.05, 3.63) is 29.8 Å². The number of benzene rings is 1. The highest BCUT2D eigenvalue weighted by Gasteiger charge is 2.36. The molecule has 1 saturated heterocycles. The summed E-state index contributed by atoms with van der Waals surface area (Å²) in [4.78, 5) is 24.7. The Bertz CT molecular complexity index is 796. The fraction of sp³-hybridized carbons (Fsp3) is 0.375. The number of halogens is 2. The van der Waals surface area contributed by atoms with Crippen molar-refractivity contribution in [2.24, 2.45) is 0 Å². The van der Waals surface area contributed by atoms with Crippen LogP contribution in [0.3, 0.4) is 0 Å². The van der Waals surface area contributed by atoms with E-state index in [2.05, 4.69) is 15.5 Å². The number of carbonyl (C=O) groups is 2. The molecule has 1 atom stereocenters. The maximum atomic E-state index is 12.5. The molecule has 2 amide bonds. The highest BCUT2D eigenvalue weighted by molar-refractivity contribution is 7.18. The third-order valence-corrected chi connectivity index (χ3v) is 5.21. The Hall–Kier alpha value is -1.70. The average molecular weight is 399 g/mol. The topological polar surface area (TPSA) is 75.2 Å². The molecule has 3 rings (SSSR count). The second-order valence-corrected chi connectivity index (χ2v) is 7.84. The summed E-state index contributed by atoms with van der Waals surface area (Å²) in [6.45, 7) is 2.47. The fourth-order valence-corrected chi connectivity index (χ4v) is 3.78. The van der Waals surface area contributed by atoms with E-state index in [9.17, 15) is 9.59 Å². The number of likely N-dealkylation sites (tertiary alicyclic amines) is 1. The predicted octanol–water partition coefficient (Wildman–Crippen LogP) is 3.25. The maximum absolute atomic E-state index is 12.5. The number of nitrogens with zero attached hydrogens (tertiary/aromatic N) is 3. The number of aromatic nitrogens is 2. The fourth-order valence-electron chi connectivity index (χ4n) is 2.79. The van der Waals surface area contributed by atoms with E-state index >= 15 is 0 Å². The number of rotatable bonds is 4. The summed E-state index contributed by atoms with van der Waals surface area (Å²) in [5.74, 6) is -0.745. The van der Waals surface area contributed by atoms with Gasteiger partial charge in [0.15, 0.2) is 4.84 Å². The van der Waals surface area contributed by atoms with E-state index in [0.717, 1.165) is 22.6 Å². The van der Waals surface area contributed by atoms with Gasteiger partial charge < -0.3 is 4.90 Å². The molecule has 1 N–H and O–H groups in total. The Morgan fingerprint density at radius 3 is 2.88 bits per heavy atom. The smallest absolute Gasteiger partial charge is 0.256 e. The van der Waals surface area contributed by atoms with Gasteiger partial charge in [0, 0.05) is 12.1 Å². The van der Waals surface area contributed by atoms with Crippen LogP contribution in [0.1, 0.15) is 18.4 Å². The monoisotopic (exact) mass is 398 g/mol. The van der Waals surface area contributed by atoms with Crippen molar-refractivity contribution >= 4 is 51.5 Å². The summed E-state index contributed by atoms with van der Waals surface area (Å²) in [5.41, 5.74) is 2.07. The molecule has 1 aliphatic heterocycles. The second-order valence-electron chi connectivity index (χ2n) is 5.76. The molecule has 0 saturated carbocycles. The van der Waals surface area contributed by atoms with Gasteiger partial charge in [0.25, 0.3) is 5.91 Å². The Kier molecular flexibility index (Phi) is 5.56. The Morgan fingerprint density at radius 2 is 2.16 bits per heavy atom. The van der Waals surface area contributed by atoms with Crippen molar-refractivity contribution in [2.45, 2.75) is 30.6 Å². The minimum Gasteiger partial charge on any atom is -0.328 e. The average Bonchev–Trinajstić information content (AvgIpc) is 3.23. The molecule has 1 fully saturated rings. The van der Waals surface area contributed by atoms with E-state index < -0.39 is 16.8 Å². The van der Waals surface area contributed by atoms with Gasteiger partial charge in [-0.05, 0) is 25.8 Å². The lowest BCUT2D eigenvalue weighted by atomic mass is 10.1. The lowest BCUT2D eigenvalue weighted by Crippen LogP contribution is -2.45. The largest absolute Gasteiger partial charge is 0.328 e. The van der Waals surface area contributed by atoms with Gasteiger partial charge in [-0.15, -0.1) is 10.2 Å². The number of carbonyl (C=O) groups excluding carboxylic acids is 2. The van der Waals surface area contributed by atoms with Crippen molar-refractivity contribution in [1.82, 2.24) is 15.1 Å². The lowest BCUT2D eigenvalue weighted by molar-refractivity contribution is -0.135. The van der Waals surface area contributed by atoms with Gasteiger partial charge in [-0.25, -0.2) is 0 Å². The predicted molar refractivity (Wildman–Crippen MR) is 98.9 cm³/mol. The summed E-state index contributed by atoms with van der Waals surface area (Å²) >= 11 is 12.6. The van der Waals surface area contributed by atoms with Crippen LogP contribution in [0.5, 0.6) is 0 Å². The molecule has 2 aromatic rings. The van der Waals surface area contributed by atoms with E-state index in [1.54, 1.807) is 0 Å². The van der Waals surface area contributed by atoms with Gasteiger partial charge >= 0.3 is 0 Å². The van der Waals surface area contributed by atoms with Crippen molar-refractivity contribution in [2.75, 3.05) is 11.9 Å². The van der Waals surface area contributed by atoms with E-state index in [-0.39, 0.29) is 5.91 Å². The molecule has 1 aromatic carbocycles. The molecule has 9 heteroatoms. The minimum absolute atomic E-state index is 0.299. The molecule has 25 heavy (non-hydrogen) atoms. The molecule has 132 valence electrons. The normalized spacial score (nSPS) is 17.1. The van der Waals surface area contributed by atoms with Gasteiger partial charge in [-0.2, -0.15) is 0 Å². The molecule has 0 spiro atoms. The van der Waals surface area contributed by atoms with Crippen LogP contribution in [0, 0.1) is 6.92 Å². The first-order valence-corrected chi connectivity index (χ1v) is 9.44. The first kappa shape index (κ1) is 18.1. The summed E-state index contributed by atoms with van der Waals surface area (Å²) < 4.78 is 0. The molecule has 1 aromatic heterocycles. The Morgan fingerprint density at radius 1 is 1.36 bits per heavy atom. The van der Waals surface area contributed by atoms with Crippen LogP contribution in [0.15, 0.2) is 24.3 Å². The second kappa shape index (κ2) is 7.68. The molecular weight excluding hydrogens is 383 g/mol. The third kappa shape index (κ3) is 4.11. The zero-order chi connectivity index (χ0) is 18.0. The van der Waals surface area contributed by atoms with E-state index in [1.165, 1.54) is 16.2 Å². The Balaban J connectivity index is 1.70. The lowest BCUT2D eigenvalue weighted by Gasteiger charge is -2.23. The summed E-state index contributed by atoms with van der Waals surface area (Å²) in [7, 11) is 0. The molecule has 1 aliphatic rings. The van der Waals surface area contributed by atoms with Crippen LogP contribution in [0.2, 0.25) is 0 Å². The van der Waals surface area contributed by atoms with Gasteiger partial charge in [0.05, 0.1) is 0 Å². The molecule has 0 radical (unpaired) electrons. The highest BCUT2D eigenvalue weighted by atomic mass is 35.5. The number of aryl methyl sites for hydroxylation is 1. The maximum Gasteiger partial charge on any atom is 0.256 e. The first-order valence-electron chi connectivity index (χ1n) is 7.76. The SMILES string of the molecule is Cc1cccc(-c2nnc(NC(=O)[C@@H]3CCCN3C(=O)C(Cl)Cl)s2)c1. The van der Waals surface area contributed by atoms with Crippen LogP contribution in [-0.4, -0.2) is 44.3 Å². The van der Waals surface area contributed by atoms with Crippen molar-refractivity contribution < 1.29 is 9.59 Å². The number of hydrogen-bond acceptors (Lipinski definition) is 5. The number of nitrogens with one attached hydrogen (secondary N) is 1. The quantitative estimate of drug-likeness (QED) is 0.801. The van der Waals surface area contributed by atoms with Crippen LogP contribution in [0.25, 0.3) is 10.6 Å². The van der Waals surface area contributed by atoms with E-state index in [1.807, 2.05) is 31.2 Å². The standard InChI is InChI=1S/C16H16Cl2N4O2S/c1-9-4-2-5-10(8-9)14-20-21-16(25-14)19-13(23)11-6-3-7-22(11)15(24)12(17)18/h2,4-5,8,11-12H,3,6-7H2,1H3,(H,19,21,23)/t11-/m0/s1. The molecule has 0 bridgehead atoms. The molecular formula is C16H16Cl2N4O2S. The Labute approximate surface area is 159 Å². The summed E-state index contributed by atoms with van der Waals surface area (Å²) in [6, 6.07) is 7.31. The highest BCUT2D eigenvalue weighted by Crippen LogP contribution is 2.28. The molecule has 6 nitrogen and oxygen atoms in total.